The summed E-state index contributed by atoms with van der Waals surface area (Å²) in [5.74, 6) is 0. The molecule has 1 heteroatoms. The highest BCUT2D eigenvalue weighted by atomic mass is 35.5. The van der Waals surface area contributed by atoms with Crippen LogP contribution < -0.4 is 0 Å². The zero-order valence-electron chi connectivity index (χ0n) is 6.28. The van der Waals surface area contributed by atoms with Crippen molar-refractivity contribution in [1.29, 1.82) is 0 Å². The molecule has 0 aromatic carbocycles. The van der Waals surface area contributed by atoms with Crippen molar-refractivity contribution in [3.05, 3.63) is 12.2 Å². The van der Waals surface area contributed by atoms with Crippen molar-refractivity contribution in [2.75, 3.05) is 0 Å². The maximum absolute atomic E-state index is 5.73. The van der Waals surface area contributed by atoms with Crippen LogP contribution in [0, 0.1) is 0 Å². The molecule has 1 unspecified atom stereocenters. The summed E-state index contributed by atoms with van der Waals surface area (Å²) in [5.41, 5.74) is 1.26. The van der Waals surface area contributed by atoms with Gasteiger partial charge in [-0.15, -0.1) is 18.2 Å². The fraction of sp³-hybridized carbons (Fsp3) is 0.750. The lowest BCUT2D eigenvalue weighted by molar-refractivity contribution is 0.720. The van der Waals surface area contributed by atoms with Gasteiger partial charge in [0.2, 0.25) is 0 Å². The zero-order valence-corrected chi connectivity index (χ0v) is 7.04. The third kappa shape index (κ3) is 8.03. The lowest BCUT2D eigenvalue weighted by Crippen LogP contribution is -1.89. The molecular formula is C8H15Cl. The summed E-state index contributed by atoms with van der Waals surface area (Å²) in [6.45, 7) is 7.89. The molecule has 0 aromatic heterocycles. The standard InChI is InChI=1S/C8H15Cl/c1-7(2)5-4-6-8(3)9/h8H,1,4-6H2,2-3H3. The molecule has 0 bridgehead atoms. The fourth-order valence-electron chi connectivity index (χ4n) is 0.685. The summed E-state index contributed by atoms with van der Waals surface area (Å²) in [7, 11) is 0. The SMILES string of the molecule is C=C(C)CCCC(C)Cl. The van der Waals surface area contributed by atoms with Crippen LogP contribution in [0.1, 0.15) is 33.1 Å². The topological polar surface area (TPSA) is 0 Å². The van der Waals surface area contributed by atoms with Crippen molar-refractivity contribution in [1.82, 2.24) is 0 Å². The highest BCUT2D eigenvalue weighted by Crippen LogP contribution is 2.09. The largest absolute Gasteiger partial charge is 0.123 e. The summed E-state index contributed by atoms with van der Waals surface area (Å²) in [5, 5.41) is 0.323. The van der Waals surface area contributed by atoms with E-state index in [-0.39, 0.29) is 0 Å². The fourth-order valence-corrected chi connectivity index (χ4v) is 0.839. The highest BCUT2D eigenvalue weighted by molar-refractivity contribution is 6.20. The van der Waals surface area contributed by atoms with Crippen LogP contribution in [0.4, 0.5) is 0 Å². The van der Waals surface area contributed by atoms with Crippen molar-refractivity contribution < 1.29 is 0 Å². The summed E-state index contributed by atoms with van der Waals surface area (Å²) >= 11 is 5.73. The van der Waals surface area contributed by atoms with Gasteiger partial charge in [0.15, 0.2) is 0 Å². The van der Waals surface area contributed by atoms with Gasteiger partial charge < -0.3 is 0 Å². The van der Waals surface area contributed by atoms with Crippen LogP contribution in [-0.4, -0.2) is 5.38 Å². The molecule has 54 valence electrons. The second-order valence-corrected chi connectivity index (χ2v) is 3.38. The van der Waals surface area contributed by atoms with E-state index in [1.54, 1.807) is 0 Å². The van der Waals surface area contributed by atoms with E-state index in [2.05, 4.69) is 13.5 Å². The monoisotopic (exact) mass is 146 g/mol. The van der Waals surface area contributed by atoms with Gasteiger partial charge in [0.25, 0.3) is 0 Å². The lowest BCUT2D eigenvalue weighted by Gasteiger charge is -2.00. The van der Waals surface area contributed by atoms with Gasteiger partial charge in [0, 0.05) is 5.38 Å². The molecule has 0 aromatic rings. The minimum atomic E-state index is 0.323. The Morgan fingerprint density at radius 2 is 2.22 bits per heavy atom. The Bertz CT molecular complexity index is 84.6. The van der Waals surface area contributed by atoms with Crippen molar-refractivity contribution >= 4 is 11.6 Å². The molecule has 1 atom stereocenters. The van der Waals surface area contributed by atoms with Crippen LogP contribution in [0.3, 0.4) is 0 Å². The van der Waals surface area contributed by atoms with Gasteiger partial charge in [0.05, 0.1) is 0 Å². The number of rotatable bonds is 4. The molecule has 0 heterocycles. The Kier molecular flexibility index (Phi) is 4.88. The van der Waals surface area contributed by atoms with Gasteiger partial charge in [-0.1, -0.05) is 5.57 Å². The molecule has 0 aliphatic carbocycles. The Morgan fingerprint density at radius 3 is 2.56 bits per heavy atom. The van der Waals surface area contributed by atoms with E-state index in [0.717, 1.165) is 12.8 Å². The van der Waals surface area contributed by atoms with E-state index in [9.17, 15) is 0 Å². The number of allylic oxidation sites excluding steroid dienone is 1. The smallest absolute Gasteiger partial charge is 0.0307 e. The molecule has 0 saturated heterocycles. The molecule has 0 aliphatic heterocycles. The third-order valence-corrected chi connectivity index (χ3v) is 1.42. The first kappa shape index (κ1) is 9.03. The average Bonchev–Trinajstić information content (AvgIpc) is 1.63. The first-order valence-corrected chi connectivity index (χ1v) is 3.85. The van der Waals surface area contributed by atoms with E-state index in [1.165, 1.54) is 12.0 Å². The maximum Gasteiger partial charge on any atom is 0.0307 e. The van der Waals surface area contributed by atoms with Crippen LogP contribution in [0.25, 0.3) is 0 Å². The average molecular weight is 147 g/mol. The van der Waals surface area contributed by atoms with Crippen LogP contribution in [0.2, 0.25) is 0 Å². The van der Waals surface area contributed by atoms with Crippen LogP contribution >= 0.6 is 11.6 Å². The second-order valence-electron chi connectivity index (χ2n) is 2.63. The predicted octanol–water partition coefficient (Wildman–Crippen LogP) is 3.36. The van der Waals surface area contributed by atoms with E-state index in [0.29, 0.717) is 5.38 Å². The Balaban J connectivity index is 3.01. The van der Waals surface area contributed by atoms with Crippen LogP contribution in [0.15, 0.2) is 12.2 Å². The van der Waals surface area contributed by atoms with E-state index in [1.807, 2.05) is 6.92 Å². The first-order valence-electron chi connectivity index (χ1n) is 3.41. The van der Waals surface area contributed by atoms with Crippen LogP contribution in [0.5, 0.6) is 0 Å². The molecule has 0 saturated carbocycles. The summed E-state index contributed by atoms with van der Waals surface area (Å²) in [4.78, 5) is 0. The molecular weight excluding hydrogens is 132 g/mol. The first-order chi connectivity index (χ1) is 4.13. The zero-order chi connectivity index (χ0) is 7.28. The van der Waals surface area contributed by atoms with Crippen LogP contribution in [-0.2, 0) is 0 Å². The van der Waals surface area contributed by atoms with Gasteiger partial charge in [-0.05, 0) is 33.1 Å². The normalized spacial score (nSPS) is 13.2. The minimum absolute atomic E-state index is 0.323. The minimum Gasteiger partial charge on any atom is -0.123 e. The maximum atomic E-state index is 5.73. The van der Waals surface area contributed by atoms with Gasteiger partial charge in [0.1, 0.15) is 0 Å². The lowest BCUT2D eigenvalue weighted by atomic mass is 10.1. The molecule has 0 N–H and O–H groups in total. The molecule has 0 spiro atoms. The van der Waals surface area contributed by atoms with Gasteiger partial charge >= 0.3 is 0 Å². The summed E-state index contributed by atoms with van der Waals surface area (Å²) in [6.07, 6.45) is 3.41. The van der Waals surface area contributed by atoms with E-state index in [4.69, 9.17) is 11.6 Å². The number of alkyl halides is 1. The van der Waals surface area contributed by atoms with E-state index >= 15 is 0 Å². The van der Waals surface area contributed by atoms with Crippen molar-refractivity contribution in [3.8, 4) is 0 Å². The van der Waals surface area contributed by atoms with Crippen molar-refractivity contribution in [2.24, 2.45) is 0 Å². The quantitative estimate of drug-likeness (QED) is 0.422. The number of hydrogen-bond acceptors (Lipinski definition) is 0. The van der Waals surface area contributed by atoms with Gasteiger partial charge in [-0.3, -0.25) is 0 Å². The number of hydrogen-bond donors (Lipinski definition) is 0. The van der Waals surface area contributed by atoms with Crippen molar-refractivity contribution in [2.45, 2.75) is 38.5 Å². The molecule has 0 aliphatic rings. The molecule has 0 nitrogen and oxygen atoms in total. The van der Waals surface area contributed by atoms with E-state index < -0.39 is 0 Å². The van der Waals surface area contributed by atoms with Gasteiger partial charge in [-0.25, -0.2) is 0 Å². The highest BCUT2D eigenvalue weighted by Gasteiger charge is 1.94. The molecule has 0 rings (SSSR count). The Morgan fingerprint density at radius 1 is 1.67 bits per heavy atom. The molecule has 0 fully saturated rings. The van der Waals surface area contributed by atoms with Crippen molar-refractivity contribution in [3.63, 3.8) is 0 Å². The molecule has 0 radical (unpaired) electrons. The molecule has 0 amide bonds. The predicted molar refractivity (Wildman–Crippen MR) is 44.0 cm³/mol. The van der Waals surface area contributed by atoms with Gasteiger partial charge in [-0.2, -0.15) is 0 Å². The third-order valence-electron chi connectivity index (χ3n) is 1.21. The summed E-state index contributed by atoms with van der Waals surface area (Å²) in [6, 6.07) is 0. The second kappa shape index (κ2) is 4.87. The number of halogens is 1. The Labute approximate surface area is 62.9 Å². The Hall–Kier alpha value is 0.0300. The molecule has 9 heavy (non-hydrogen) atoms. The summed E-state index contributed by atoms with van der Waals surface area (Å²) < 4.78 is 0.